The molecule has 0 fully saturated rings. The van der Waals surface area contributed by atoms with E-state index in [1.807, 2.05) is 6.07 Å². The van der Waals surface area contributed by atoms with E-state index in [0.717, 1.165) is 0 Å². The number of furan rings is 1. The molecule has 0 saturated carbocycles. The molecule has 0 atom stereocenters. The zero-order valence-corrected chi connectivity index (χ0v) is 9.26. The lowest BCUT2D eigenvalue weighted by molar-refractivity contribution is 0.596. The molecule has 0 radical (unpaired) electrons. The van der Waals surface area contributed by atoms with Gasteiger partial charge in [-0.2, -0.15) is 0 Å². The van der Waals surface area contributed by atoms with Crippen LogP contribution < -0.4 is 5.38 Å². The maximum atomic E-state index is 5.46. The van der Waals surface area contributed by atoms with Gasteiger partial charge in [-0.3, -0.25) is 0 Å². The van der Waals surface area contributed by atoms with Gasteiger partial charge in [-0.05, 0) is 12.1 Å². The number of rotatable bonds is 4. The summed E-state index contributed by atoms with van der Waals surface area (Å²) < 4.78 is 5.46. The molecule has 68 valence electrons. The fourth-order valence-electron chi connectivity index (χ4n) is 1.41. The molecular weight excluding hydrogens is 164 g/mol. The third-order valence-corrected chi connectivity index (χ3v) is 5.57. The summed E-state index contributed by atoms with van der Waals surface area (Å²) in [6.07, 6.45) is 4.41. The van der Waals surface area contributed by atoms with Crippen molar-refractivity contribution in [2.75, 3.05) is 0 Å². The van der Waals surface area contributed by atoms with Crippen molar-refractivity contribution in [2.24, 2.45) is 0 Å². The Morgan fingerprint density at radius 3 is 2.67 bits per heavy atom. The van der Waals surface area contributed by atoms with Crippen molar-refractivity contribution in [3.8, 4) is 0 Å². The molecule has 12 heavy (non-hydrogen) atoms. The second-order valence-electron chi connectivity index (χ2n) is 3.96. The molecule has 0 saturated heterocycles. The maximum Gasteiger partial charge on any atom is 0.126 e. The number of unbranched alkanes of at least 4 members (excludes halogenated alkanes) is 1. The van der Waals surface area contributed by atoms with Crippen molar-refractivity contribution in [3.63, 3.8) is 0 Å². The van der Waals surface area contributed by atoms with Gasteiger partial charge in [-0.25, -0.2) is 0 Å². The zero-order valence-electron chi connectivity index (χ0n) is 8.26. The standard InChI is InChI=1S/C10H18OSi/c1-4-5-9-12(2,3)10-7-6-8-11-10/h6-8H,4-5,9H2,1-3H3. The average molecular weight is 182 g/mol. The first-order valence-electron chi connectivity index (χ1n) is 4.71. The van der Waals surface area contributed by atoms with Crippen molar-refractivity contribution >= 4 is 13.5 Å². The Bertz CT molecular complexity index is 214. The van der Waals surface area contributed by atoms with Gasteiger partial charge in [0, 0.05) is 0 Å². The second-order valence-corrected chi connectivity index (χ2v) is 8.73. The zero-order chi connectivity index (χ0) is 9.03. The summed E-state index contributed by atoms with van der Waals surface area (Å²) in [5, 5.41) is 1.25. The van der Waals surface area contributed by atoms with Crippen molar-refractivity contribution in [2.45, 2.75) is 38.9 Å². The SMILES string of the molecule is CCCC[Si](C)(C)c1ccco1. The molecule has 0 unspecified atom stereocenters. The molecule has 1 heterocycles. The van der Waals surface area contributed by atoms with Crippen LogP contribution in [0.25, 0.3) is 0 Å². The fourth-order valence-corrected chi connectivity index (χ4v) is 3.82. The summed E-state index contributed by atoms with van der Waals surface area (Å²) in [5.74, 6) is 0. The minimum Gasteiger partial charge on any atom is -0.475 e. The molecular formula is C10H18OSi. The van der Waals surface area contributed by atoms with E-state index in [1.54, 1.807) is 6.26 Å². The Kier molecular flexibility index (Phi) is 3.15. The molecule has 0 amide bonds. The maximum absolute atomic E-state index is 5.46. The predicted octanol–water partition coefficient (Wildman–Crippen LogP) is 3.00. The number of hydrogen-bond acceptors (Lipinski definition) is 1. The van der Waals surface area contributed by atoms with Gasteiger partial charge >= 0.3 is 0 Å². The molecule has 0 aliphatic rings. The molecule has 1 aromatic heterocycles. The molecule has 0 aromatic carbocycles. The van der Waals surface area contributed by atoms with Crippen molar-refractivity contribution in [3.05, 3.63) is 18.4 Å². The molecule has 0 bridgehead atoms. The Labute approximate surface area is 75.8 Å². The summed E-state index contributed by atoms with van der Waals surface area (Å²) in [5.41, 5.74) is 0. The van der Waals surface area contributed by atoms with Gasteiger partial charge in [0.15, 0.2) is 0 Å². The first-order valence-corrected chi connectivity index (χ1v) is 7.91. The van der Waals surface area contributed by atoms with E-state index in [2.05, 4.69) is 26.1 Å². The fraction of sp³-hybridized carbons (Fsp3) is 0.600. The van der Waals surface area contributed by atoms with Gasteiger partial charge in [0.25, 0.3) is 0 Å². The quantitative estimate of drug-likeness (QED) is 0.652. The van der Waals surface area contributed by atoms with E-state index in [9.17, 15) is 0 Å². The van der Waals surface area contributed by atoms with Gasteiger partial charge in [0.1, 0.15) is 8.07 Å². The Hall–Kier alpha value is -0.503. The second kappa shape index (κ2) is 3.94. The van der Waals surface area contributed by atoms with Gasteiger partial charge < -0.3 is 4.42 Å². The molecule has 2 heteroatoms. The Morgan fingerprint density at radius 2 is 2.17 bits per heavy atom. The van der Waals surface area contributed by atoms with Crippen LogP contribution in [0.3, 0.4) is 0 Å². The van der Waals surface area contributed by atoms with Crippen LogP contribution in [0, 0.1) is 0 Å². The predicted molar refractivity (Wildman–Crippen MR) is 55.5 cm³/mol. The highest BCUT2D eigenvalue weighted by Gasteiger charge is 2.25. The van der Waals surface area contributed by atoms with Crippen molar-refractivity contribution in [1.82, 2.24) is 0 Å². The lowest BCUT2D eigenvalue weighted by atomic mass is 10.4. The van der Waals surface area contributed by atoms with Crippen LogP contribution in [-0.2, 0) is 0 Å². The normalized spacial score (nSPS) is 11.9. The molecule has 0 aliphatic heterocycles. The van der Waals surface area contributed by atoms with E-state index >= 15 is 0 Å². The van der Waals surface area contributed by atoms with Crippen LogP contribution >= 0.6 is 0 Å². The van der Waals surface area contributed by atoms with Crippen LogP contribution in [0.5, 0.6) is 0 Å². The van der Waals surface area contributed by atoms with Crippen LogP contribution in [0.15, 0.2) is 22.8 Å². The molecule has 1 rings (SSSR count). The minimum atomic E-state index is -1.21. The minimum absolute atomic E-state index is 1.21. The lowest BCUT2D eigenvalue weighted by Crippen LogP contribution is -2.39. The summed E-state index contributed by atoms with van der Waals surface area (Å²) in [6, 6.07) is 5.47. The van der Waals surface area contributed by atoms with Gasteiger partial charge in [0.05, 0.1) is 11.6 Å². The molecule has 1 nitrogen and oxygen atoms in total. The van der Waals surface area contributed by atoms with Crippen LogP contribution in [0.2, 0.25) is 19.1 Å². The summed E-state index contributed by atoms with van der Waals surface area (Å²) in [7, 11) is -1.21. The topological polar surface area (TPSA) is 13.1 Å². The van der Waals surface area contributed by atoms with Crippen molar-refractivity contribution in [1.29, 1.82) is 0 Å². The van der Waals surface area contributed by atoms with E-state index in [-0.39, 0.29) is 0 Å². The largest absolute Gasteiger partial charge is 0.475 e. The monoisotopic (exact) mass is 182 g/mol. The van der Waals surface area contributed by atoms with E-state index in [1.165, 1.54) is 24.3 Å². The summed E-state index contributed by atoms with van der Waals surface area (Å²) >= 11 is 0. The molecule has 0 aliphatic carbocycles. The van der Waals surface area contributed by atoms with Crippen LogP contribution in [-0.4, -0.2) is 8.07 Å². The number of hydrogen-bond donors (Lipinski definition) is 0. The third kappa shape index (κ3) is 2.24. The average Bonchev–Trinajstić information content (AvgIpc) is 2.53. The highest BCUT2D eigenvalue weighted by Crippen LogP contribution is 2.13. The van der Waals surface area contributed by atoms with Gasteiger partial charge in [0.2, 0.25) is 0 Å². The first kappa shape index (κ1) is 9.58. The highest BCUT2D eigenvalue weighted by molar-refractivity contribution is 6.88. The van der Waals surface area contributed by atoms with Gasteiger partial charge in [-0.1, -0.05) is 38.9 Å². The Balaban J connectivity index is 2.59. The third-order valence-electron chi connectivity index (χ3n) is 2.34. The summed E-state index contributed by atoms with van der Waals surface area (Å²) in [6.45, 7) is 7.00. The highest BCUT2D eigenvalue weighted by atomic mass is 28.3. The Morgan fingerprint density at radius 1 is 1.42 bits per heavy atom. The summed E-state index contributed by atoms with van der Waals surface area (Å²) in [4.78, 5) is 0. The lowest BCUT2D eigenvalue weighted by Gasteiger charge is -2.18. The first-order chi connectivity index (χ1) is 5.67. The van der Waals surface area contributed by atoms with E-state index in [4.69, 9.17) is 4.42 Å². The smallest absolute Gasteiger partial charge is 0.126 e. The molecule has 0 spiro atoms. The molecule has 1 aromatic rings. The van der Waals surface area contributed by atoms with Crippen LogP contribution in [0.4, 0.5) is 0 Å². The van der Waals surface area contributed by atoms with E-state index in [0.29, 0.717) is 0 Å². The van der Waals surface area contributed by atoms with E-state index < -0.39 is 8.07 Å². The van der Waals surface area contributed by atoms with Gasteiger partial charge in [-0.15, -0.1) is 0 Å². The molecule has 0 N–H and O–H groups in total. The van der Waals surface area contributed by atoms with Crippen molar-refractivity contribution < 1.29 is 4.42 Å². The van der Waals surface area contributed by atoms with Crippen LogP contribution in [0.1, 0.15) is 19.8 Å².